The van der Waals surface area contributed by atoms with Crippen LogP contribution in [0.3, 0.4) is 0 Å². The van der Waals surface area contributed by atoms with Crippen molar-refractivity contribution in [2.75, 3.05) is 17.6 Å². The smallest absolute Gasteiger partial charge is 0.322 e. The number of hydrogen-bond donors (Lipinski definition) is 2. The highest BCUT2D eigenvalue weighted by Gasteiger charge is 2.19. The van der Waals surface area contributed by atoms with Crippen LogP contribution in [0.5, 0.6) is 0 Å². The van der Waals surface area contributed by atoms with Gasteiger partial charge in [-0.05, 0) is 13.0 Å². The van der Waals surface area contributed by atoms with Crippen molar-refractivity contribution in [3.63, 3.8) is 0 Å². The zero-order valence-corrected chi connectivity index (χ0v) is 10.9. The molecule has 0 radical (unpaired) electrons. The van der Waals surface area contributed by atoms with Crippen molar-refractivity contribution in [3.8, 4) is 0 Å². The summed E-state index contributed by atoms with van der Waals surface area (Å²) in [6.07, 6.45) is -0.818. The average molecular weight is 273 g/mol. The topological polar surface area (TPSA) is 92.7 Å². The lowest BCUT2D eigenvalue weighted by atomic mass is 10.1. The van der Waals surface area contributed by atoms with Gasteiger partial charge in [0.2, 0.25) is 10.0 Å². The van der Waals surface area contributed by atoms with E-state index < -0.39 is 27.8 Å². The molecule has 1 unspecified atom stereocenters. The number of anilines is 1. The van der Waals surface area contributed by atoms with Crippen LogP contribution in [0, 0.1) is 0 Å². The Hall–Kier alpha value is -1.60. The van der Waals surface area contributed by atoms with Gasteiger partial charge in [-0.15, -0.1) is 0 Å². The quantitative estimate of drug-likeness (QED) is 0.769. The van der Waals surface area contributed by atoms with E-state index in [0.717, 1.165) is 7.11 Å². The van der Waals surface area contributed by atoms with Crippen molar-refractivity contribution in [2.45, 2.75) is 13.0 Å². The van der Waals surface area contributed by atoms with E-state index in [4.69, 9.17) is 0 Å². The van der Waals surface area contributed by atoms with Gasteiger partial charge in [0, 0.05) is 5.56 Å². The van der Waals surface area contributed by atoms with E-state index in [1.807, 2.05) is 0 Å². The van der Waals surface area contributed by atoms with Crippen LogP contribution in [0.15, 0.2) is 24.3 Å². The Bertz CT molecular complexity index is 524. The van der Waals surface area contributed by atoms with E-state index in [-0.39, 0.29) is 5.69 Å². The predicted molar refractivity (Wildman–Crippen MR) is 66.5 cm³/mol. The number of benzene rings is 1. The van der Waals surface area contributed by atoms with Crippen LogP contribution < -0.4 is 4.72 Å². The Kier molecular flexibility index (Phi) is 4.69. The Balaban J connectivity index is 2.94. The van der Waals surface area contributed by atoms with E-state index in [1.165, 1.54) is 13.0 Å². The molecule has 0 amide bonds. The molecule has 0 bridgehead atoms. The van der Waals surface area contributed by atoms with Gasteiger partial charge in [0.05, 0.1) is 18.9 Å². The lowest BCUT2D eigenvalue weighted by molar-refractivity contribution is -0.137. The number of carbonyl (C=O) groups excluding carboxylic acids is 1. The lowest BCUT2D eigenvalue weighted by Gasteiger charge is -2.13. The van der Waals surface area contributed by atoms with E-state index in [0.29, 0.717) is 5.56 Å². The van der Waals surface area contributed by atoms with Gasteiger partial charge in [-0.3, -0.25) is 9.52 Å². The van der Waals surface area contributed by atoms with Gasteiger partial charge in [-0.25, -0.2) is 8.42 Å². The summed E-state index contributed by atoms with van der Waals surface area (Å²) in [5, 5.41) is 9.50. The molecule has 7 heteroatoms. The zero-order valence-electron chi connectivity index (χ0n) is 10.1. The van der Waals surface area contributed by atoms with E-state index >= 15 is 0 Å². The average Bonchev–Trinajstić information content (AvgIpc) is 2.28. The van der Waals surface area contributed by atoms with Gasteiger partial charge < -0.3 is 9.84 Å². The molecule has 0 aliphatic heterocycles. The van der Waals surface area contributed by atoms with Gasteiger partial charge in [-0.1, -0.05) is 18.2 Å². The summed E-state index contributed by atoms with van der Waals surface area (Å²) in [5.74, 6) is -1.62. The second-order valence-electron chi connectivity index (χ2n) is 3.70. The Morgan fingerprint density at radius 2 is 2.06 bits per heavy atom. The Morgan fingerprint density at radius 1 is 1.44 bits per heavy atom. The van der Waals surface area contributed by atoms with Crippen LogP contribution in [-0.2, 0) is 19.6 Å². The minimum atomic E-state index is -3.84. The van der Waals surface area contributed by atoms with E-state index in [9.17, 15) is 18.3 Å². The summed E-state index contributed by atoms with van der Waals surface area (Å²) in [4.78, 5) is 10.9. The highest BCUT2D eigenvalue weighted by Crippen LogP contribution is 2.23. The molecule has 100 valence electrons. The van der Waals surface area contributed by atoms with Crippen LogP contribution in [0.2, 0.25) is 0 Å². The second kappa shape index (κ2) is 5.83. The molecule has 1 rings (SSSR count). The molecule has 0 aromatic heterocycles. The number of para-hydroxylation sites is 1. The molecule has 0 spiro atoms. The molecular weight excluding hydrogens is 258 g/mol. The van der Waals surface area contributed by atoms with Crippen molar-refractivity contribution >= 4 is 21.7 Å². The van der Waals surface area contributed by atoms with Gasteiger partial charge in [0.1, 0.15) is 0 Å². The number of aliphatic hydroxyl groups excluding tert-OH is 1. The van der Waals surface area contributed by atoms with Gasteiger partial charge >= 0.3 is 5.97 Å². The molecule has 0 fully saturated rings. The standard InChI is InChI=1S/C11H15NO5S/c1-8(13)9-5-3-4-6-10(9)12-18(15,16)7-11(14)17-2/h3-6,8,12-13H,7H2,1-2H3. The third-order valence-corrected chi connectivity index (χ3v) is 3.36. The summed E-state index contributed by atoms with van der Waals surface area (Å²) >= 11 is 0. The highest BCUT2D eigenvalue weighted by molar-refractivity contribution is 7.93. The molecule has 2 N–H and O–H groups in total. The first-order valence-corrected chi connectivity index (χ1v) is 6.85. The van der Waals surface area contributed by atoms with Crippen molar-refractivity contribution in [1.82, 2.24) is 0 Å². The molecule has 18 heavy (non-hydrogen) atoms. The van der Waals surface area contributed by atoms with Gasteiger partial charge in [0.15, 0.2) is 5.75 Å². The fourth-order valence-electron chi connectivity index (χ4n) is 1.37. The molecule has 1 aromatic carbocycles. The zero-order chi connectivity index (χ0) is 13.8. The van der Waals surface area contributed by atoms with Gasteiger partial charge in [-0.2, -0.15) is 0 Å². The Labute approximate surface area is 106 Å². The largest absolute Gasteiger partial charge is 0.468 e. The SMILES string of the molecule is COC(=O)CS(=O)(=O)Nc1ccccc1C(C)O. The Morgan fingerprint density at radius 3 is 2.61 bits per heavy atom. The number of aliphatic hydroxyl groups is 1. The number of esters is 1. The van der Waals surface area contributed by atoms with Crippen LogP contribution >= 0.6 is 0 Å². The maximum atomic E-state index is 11.7. The number of methoxy groups -OCH3 is 1. The van der Waals surface area contributed by atoms with Gasteiger partial charge in [0.25, 0.3) is 0 Å². The minimum Gasteiger partial charge on any atom is -0.468 e. The minimum absolute atomic E-state index is 0.247. The first kappa shape index (κ1) is 14.5. The highest BCUT2D eigenvalue weighted by atomic mass is 32.2. The number of ether oxygens (including phenoxy) is 1. The fraction of sp³-hybridized carbons (Fsp3) is 0.364. The first-order valence-electron chi connectivity index (χ1n) is 5.20. The molecule has 1 atom stereocenters. The summed E-state index contributed by atoms with van der Waals surface area (Å²) in [5.41, 5.74) is 0.683. The van der Waals surface area contributed by atoms with Crippen LogP contribution in [-0.4, -0.2) is 32.4 Å². The van der Waals surface area contributed by atoms with Crippen molar-refractivity contribution in [2.24, 2.45) is 0 Å². The molecule has 6 nitrogen and oxygen atoms in total. The van der Waals surface area contributed by atoms with Crippen molar-refractivity contribution in [1.29, 1.82) is 0 Å². The van der Waals surface area contributed by atoms with E-state index in [1.54, 1.807) is 18.2 Å². The molecule has 0 saturated heterocycles. The number of sulfonamides is 1. The molecule has 0 aliphatic carbocycles. The maximum absolute atomic E-state index is 11.7. The molecule has 0 aliphatic rings. The van der Waals surface area contributed by atoms with Crippen molar-refractivity contribution < 1.29 is 23.1 Å². The number of carbonyl (C=O) groups is 1. The van der Waals surface area contributed by atoms with Crippen LogP contribution in [0.1, 0.15) is 18.6 Å². The van der Waals surface area contributed by atoms with Crippen LogP contribution in [0.25, 0.3) is 0 Å². The third-order valence-electron chi connectivity index (χ3n) is 2.21. The normalized spacial score (nSPS) is 12.8. The molecule has 0 heterocycles. The summed E-state index contributed by atoms with van der Waals surface area (Å²) in [6, 6.07) is 6.42. The molecular formula is C11H15NO5S. The second-order valence-corrected chi connectivity index (χ2v) is 5.42. The summed E-state index contributed by atoms with van der Waals surface area (Å²) in [6.45, 7) is 1.52. The summed E-state index contributed by atoms with van der Waals surface area (Å²) in [7, 11) is -2.72. The fourth-order valence-corrected chi connectivity index (χ4v) is 2.39. The predicted octanol–water partition coefficient (Wildman–Crippen LogP) is 0.655. The maximum Gasteiger partial charge on any atom is 0.322 e. The molecule has 1 aromatic rings. The van der Waals surface area contributed by atoms with Crippen LogP contribution in [0.4, 0.5) is 5.69 Å². The summed E-state index contributed by atoms with van der Waals surface area (Å²) < 4.78 is 29.8. The third kappa shape index (κ3) is 4.01. The first-order chi connectivity index (χ1) is 8.35. The molecule has 0 saturated carbocycles. The lowest BCUT2D eigenvalue weighted by Crippen LogP contribution is -2.24. The van der Waals surface area contributed by atoms with Crippen molar-refractivity contribution in [3.05, 3.63) is 29.8 Å². The monoisotopic (exact) mass is 273 g/mol. The number of rotatable bonds is 5. The number of hydrogen-bond acceptors (Lipinski definition) is 5. The number of nitrogens with one attached hydrogen (secondary N) is 1. The van der Waals surface area contributed by atoms with E-state index in [2.05, 4.69) is 9.46 Å².